The molecule has 152 valence electrons. The van der Waals surface area contributed by atoms with Crippen LogP contribution >= 0.6 is 11.6 Å². The molecule has 0 radical (unpaired) electrons. The average Bonchev–Trinajstić information content (AvgIpc) is 3.37. The van der Waals surface area contributed by atoms with Gasteiger partial charge in [-0.1, -0.05) is 29.8 Å². The van der Waals surface area contributed by atoms with Gasteiger partial charge in [-0.3, -0.25) is 4.79 Å². The van der Waals surface area contributed by atoms with Crippen molar-refractivity contribution in [2.24, 2.45) is 5.73 Å². The maximum atomic E-state index is 12.3. The van der Waals surface area contributed by atoms with Crippen molar-refractivity contribution in [3.63, 3.8) is 0 Å². The molecule has 1 saturated heterocycles. The van der Waals surface area contributed by atoms with Gasteiger partial charge in [-0.2, -0.15) is 0 Å². The minimum Gasteiger partial charge on any atom is -0.360 e. The van der Waals surface area contributed by atoms with Crippen LogP contribution < -0.4 is 11.1 Å². The number of anilines is 1. The van der Waals surface area contributed by atoms with E-state index < -0.39 is 0 Å². The van der Waals surface area contributed by atoms with Gasteiger partial charge >= 0.3 is 0 Å². The number of amides is 1. The number of benzene rings is 1. The molecule has 7 nitrogen and oxygen atoms in total. The molecule has 3 heterocycles. The Morgan fingerprint density at radius 3 is 3.07 bits per heavy atom. The number of aromatic amines is 1. The number of hydrogen-bond acceptors (Lipinski definition) is 5. The molecule has 8 heteroatoms. The van der Waals surface area contributed by atoms with Crippen molar-refractivity contribution in [2.75, 3.05) is 25.0 Å². The van der Waals surface area contributed by atoms with Crippen LogP contribution in [0.2, 0.25) is 5.02 Å². The molecule has 3 aromatic rings. The minimum atomic E-state index is 0.130. The van der Waals surface area contributed by atoms with Crippen molar-refractivity contribution in [1.82, 2.24) is 19.9 Å². The van der Waals surface area contributed by atoms with Crippen LogP contribution in [0.25, 0.3) is 22.2 Å². The van der Waals surface area contributed by atoms with Crippen molar-refractivity contribution < 1.29 is 4.79 Å². The van der Waals surface area contributed by atoms with E-state index in [1.807, 2.05) is 35.4 Å². The van der Waals surface area contributed by atoms with E-state index in [1.165, 1.54) is 0 Å². The first-order valence-corrected chi connectivity index (χ1v) is 10.4. The van der Waals surface area contributed by atoms with Crippen LogP contribution in [0.4, 0.5) is 5.95 Å². The van der Waals surface area contributed by atoms with E-state index in [0.717, 1.165) is 42.3 Å². The summed E-state index contributed by atoms with van der Waals surface area (Å²) in [7, 11) is 0. The van der Waals surface area contributed by atoms with Crippen molar-refractivity contribution >= 4 is 34.4 Å². The maximum absolute atomic E-state index is 12.3. The molecular weight excluding hydrogens is 388 g/mol. The van der Waals surface area contributed by atoms with Crippen LogP contribution in [-0.4, -0.2) is 51.4 Å². The number of para-hydroxylation sites is 1. The number of likely N-dealkylation sites (tertiary alicyclic amines) is 1. The second kappa shape index (κ2) is 8.80. The molecule has 0 saturated carbocycles. The zero-order valence-corrected chi connectivity index (χ0v) is 17.0. The normalized spacial score (nSPS) is 16.5. The SMILES string of the molecule is NCCCCC(=O)N1CC[C@@H](Nc2ncc(Cl)c(-c3c[nH]c4ccccc34)n2)C1. The molecule has 2 aromatic heterocycles. The number of H-pyrrole nitrogens is 1. The summed E-state index contributed by atoms with van der Waals surface area (Å²) in [5, 5.41) is 4.93. The highest BCUT2D eigenvalue weighted by molar-refractivity contribution is 6.33. The van der Waals surface area contributed by atoms with Gasteiger partial charge in [0.05, 0.1) is 16.9 Å². The molecule has 0 unspecified atom stereocenters. The lowest BCUT2D eigenvalue weighted by Crippen LogP contribution is -2.31. The van der Waals surface area contributed by atoms with Gasteiger partial charge in [0.1, 0.15) is 0 Å². The average molecular weight is 413 g/mol. The summed E-state index contributed by atoms with van der Waals surface area (Å²) in [6, 6.07) is 8.17. The number of hydrogen-bond donors (Lipinski definition) is 3. The first-order valence-electron chi connectivity index (χ1n) is 9.99. The first kappa shape index (κ1) is 19.7. The number of nitrogens with two attached hydrogens (primary N) is 1. The van der Waals surface area contributed by atoms with Crippen molar-refractivity contribution in [3.8, 4) is 11.3 Å². The Kier molecular flexibility index (Phi) is 5.97. The number of unbranched alkanes of at least 4 members (excludes halogenated alkanes) is 1. The number of fused-ring (bicyclic) bond motifs is 1. The quantitative estimate of drug-likeness (QED) is 0.516. The molecule has 29 heavy (non-hydrogen) atoms. The topological polar surface area (TPSA) is 99.9 Å². The summed E-state index contributed by atoms with van der Waals surface area (Å²) < 4.78 is 0. The zero-order chi connectivity index (χ0) is 20.2. The lowest BCUT2D eigenvalue weighted by atomic mass is 10.1. The van der Waals surface area contributed by atoms with Crippen LogP contribution in [0, 0.1) is 0 Å². The van der Waals surface area contributed by atoms with Gasteiger partial charge in [0.25, 0.3) is 0 Å². The van der Waals surface area contributed by atoms with E-state index in [9.17, 15) is 4.79 Å². The van der Waals surface area contributed by atoms with Crippen LogP contribution in [0.5, 0.6) is 0 Å². The monoisotopic (exact) mass is 412 g/mol. The molecule has 1 aliphatic rings. The van der Waals surface area contributed by atoms with Crippen molar-refractivity contribution in [3.05, 3.63) is 41.7 Å². The van der Waals surface area contributed by atoms with Gasteiger partial charge < -0.3 is 20.9 Å². The van der Waals surface area contributed by atoms with Crippen molar-refractivity contribution in [1.29, 1.82) is 0 Å². The highest BCUT2D eigenvalue weighted by Gasteiger charge is 2.26. The third kappa shape index (κ3) is 4.36. The largest absolute Gasteiger partial charge is 0.360 e. The third-order valence-corrected chi connectivity index (χ3v) is 5.58. The van der Waals surface area contributed by atoms with Gasteiger partial charge in [0, 0.05) is 48.2 Å². The van der Waals surface area contributed by atoms with Gasteiger partial charge in [0.2, 0.25) is 11.9 Å². The number of carbonyl (C=O) groups excluding carboxylic acids is 1. The molecule has 4 N–H and O–H groups in total. The summed E-state index contributed by atoms with van der Waals surface area (Å²) in [6.45, 7) is 2.04. The first-order chi connectivity index (χ1) is 14.2. The summed E-state index contributed by atoms with van der Waals surface area (Å²) in [5.41, 5.74) is 8.17. The maximum Gasteiger partial charge on any atom is 0.223 e. The Hall–Kier alpha value is -2.64. The lowest BCUT2D eigenvalue weighted by molar-refractivity contribution is -0.130. The minimum absolute atomic E-state index is 0.130. The number of halogens is 1. The van der Waals surface area contributed by atoms with E-state index in [0.29, 0.717) is 36.2 Å². The van der Waals surface area contributed by atoms with Crippen LogP contribution in [0.3, 0.4) is 0 Å². The molecule has 1 amide bonds. The van der Waals surface area contributed by atoms with Gasteiger partial charge in [-0.15, -0.1) is 0 Å². The van der Waals surface area contributed by atoms with E-state index in [-0.39, 0.29) is 11.9 Å². The summed E-state index contributed by atoms with van der Waals surface area (Å²) in [5.74, 6) is 0.719. The van der Waals surface area contributed by atoms with Crippen molar-refractivity contribution in [2.45, 2.75) is 31.7 Å². The molecule has 1 fully saturated rings. The van der Waals surface area contributed by atoms with E-state index in [1.54, 1.807) is 6.20 Å². The number of rotatable bonds is 7. The molecule has 0 bridgehead atoms. The fraction of sp³-hybridized carbons (Fsp3) is 0.381. The molecule has 0 aliphatic carbocycles. The molecule has 1 atom stereocenters. The summed E-state index contributed by atoms with van der Waals surface area (Å²) >= 11 is 6.40. The standard InChI is InChI=1S/C21H25ClN6O/c22-17-12-25-21(26-14-8-10-28(13-14)19(29)7-3-4-9-23)27-20(17)16-11-24-18-6-2-1-5-15(16)18/h1-2,5-6,11-12,14,24H,3-4,7-10,13,23H2,(H,25,26,27)/t14-/m1/s1. The Labute approximate surface area is 174 Å². The third-order valence-electron chi connectivity index (χ3n) is 5.31. The molecule has 4 rings (SSSR count). The smallest absolute Gasteiger partial charge is 0.223 e. The summed E-state index contributed by atoms with van der Waals surface area (Å²) in [6.07, 6.45) is 6.70. The Balaban J connectivity index is 1.46. The Morgan fingerprint density at radius 2 is 2.21 bits per heavy atom. The van der Waals surface area contributed by atoms with Crippen LogP contribution in [0.15, 0.2) is 36.7 Å². The Bertz CT molecular complexity index is 1000. The zero-order valence-electron chi connectivity index (χ0n) is 16.2. The predicted octanol–water partition coefficient (Wildman–Crippen LogP) is 3.42. The number of nitrogens with one attached hydrogen (secondary N) is 2. The highest BCUT2D eigenvalue weighted by Crippen LogP contribution is 2.32. The Morgan fingerprint density at radius 1 is 1.34 bits per heavy atom. The van der Waals surface area contributed by atoms with E-state index in [4.69, 9.17) is 17.3 Å². The predicted molar refractivity (Wildman–Crippen MR) is 116 cm³/mol. The second-order valence-electron chi connectivity index (χ2n) is 7.35. The number of carbonyl (C=O) groups is 1. The number of nitrogens with zero attached hydrogens (tertiary/aromatic N) is 3. The van der Waals surface area contributed by atoms with Crippen LogP contribution in [0.1, 0.15) is 25.7 Å². The van der Waals surface area contributed by atoms with Gasteiger partial charge in [0.15, 0.2) is 0 Å². The van der Waals surface area contributed by atoms with Gasteiger partial charge in [-0.05, 0) is 31.9 Å². The molecular formula is C21H25ClN6O. The van der Waals surface area contributed by atoms with E-state index in [2.05, 4.69) is 20.3 Å². The summed E-state index contributed by atoms with van der Waals surface area (Å²) in [4.78, 5) is 26.5. The fourth-order valence-corrected chi connectivity index (χ4v) is 3.95. The highest BCUT2D eigenvalue weighted by atomic mass is 35.5. The van der Waals surface area contributed by atoms with Crippen LogP contribution in [-0.2, 0) is 4.79 Å². The lowest BCUT2D eigenvalue weighted by Gasteiger charge is -2.17. The second-order valence-corrected chi connectivity index (χ2v) is 7.76. The molecule has 0 spiro atoms. The van der Waals surface area contributed by atoms with Gasteiger partial charge in [-0.25, -0.2) is 9.97 Å². The molecule has 1 aromatic carbocycles. The number of aromatic nitrogens is 3. The van der Waals surface area contributed by atoms with E-state index >= 15 is 0 Å². The fourth-order valence-electron chi connectivity index (χ4n) is 3.76. The molecule has 1 aliphatic heterocycles.